The summed E-state index contributed by atoms with van der Waals surface area (Å²) in [5.41, 5.74) is 2.15. The molecular weight excluding hydrogens is 280 g/mol. The fourth-order valence-electron chi connectivity index (χ4n) is 6.51. The van der Waals surface area contributed by atoms with Crippen LogP contribution in [-0.4, -0.2) is 5.78 Å². The maximum absolute atomic E-state index is 12.4. The van der Waals surface area contributed by atoms with Crippen LogP contribution in [0.25, 0.3) is 0 Å². The molecule has 4 aliphatic carbocycles. The van der Waals surface area contributed by atoms with Crippen LogP contribution in [0.15, 0.2) is 24.8 Å². The molecule has 4 rings (SSSR count). The number of fused-ring (bicyclic) bond motifs is 5. The van der Waals surface area contributed by atoms with Crippen molar-refractivity contribution in [2.45, 2.75) is 65.2 Å². The van der Waals surface area contributed by atoms with Crippen LogP contribution in [-0.2, 0) is 4.79 Å². The van der Waals surface area contributed by atoms with Crippen molar-refractivity contribution in [3.8, 4) is 0 Å². The van der Waals surface area contributed by atoms with Crippen molar-refractivity contribution in [1.82, 2.24) is 0 Å². The molecule has 4 aliphatic rings. The van der Waals surface area contributed by atoms with E-state index in [0.717, 1.165) is 31.1 Å². The fraction of sp³-hybridized carbons (Fsp3) is 0.727. The van der Waals surface area contributed by atoms with Gasteiger partial charge in [0.25, 0.3) is 0 Å². The first kappa shape index (κ1) is 17.0. The van der Waals surface area contributed by atoms with Gasteiger partial charge in [0.05, 0.1) is 0 Å². The molecule has 0 spiro atoms. The molecule has 0 bridgehead atoms. The van der Waals surface area contributed by atoms with E-state index in [0.29, 0.717) is 23.0 Å². The van der Waals surface area contributed by atoms with Gasteiger partial charge in [-0.1, -0.05) is 25.5 Å². The number of allylic oxidation sites excluding steroid dienone is 2. The Morgan fingerprint density at radius 2 is 1.70 bits per heavy atom. The Morgan fingerprint density at radius 1 is 1.04 bits per heavy atom. The highest BCUT2D eigenvalue weighted by Crippen LogP contribution is 2.64. The Balaban J connectivity index is 0.000000753. The summed E-state index contributed by atoms with van der Waals surface area (Å²) in [4.78, 5) is 12.4. The van der Waals surface area contributed by atoms with Gasteiger partial charge in [-0.15, -0.1) is 13.2 Å². The maximum Gasteiger partial charge on any atom is 0.139 e. The van der Waals surface area contributed by atoms with Gasteiger partial charge in [0.1, 0.15) is 5.78 Å². The number of carbonyl (C=O) groups excluding carboxylic acids is 1. The van der Waals surface area contributed by atoms with Gasteiger partial charge < -0.3 is 0 Å². The molecule has 0 heterocycles. The van der Waals surface area contributed by atoms with Gasteiger partial charge in [-0.25, -0.2) is 0 Å². The molecule has 0 saturated heterocycles. The summed E-state index contributed by atoms with van der Waals surface area (Å²) < 4.78 is 0. The molecule has 3 saturated carbocycles. The van der Waals surface area contributed by atoms with E-state index in [1.54, 1.807) is 5.57 Å². The smallest absolute Gasteiger partial charge is 0.139 e. The van der Waals surface area contributed by atoms with E-state index in [1.807, 2.05) is 0 Å². The second kappa shape index (κ2) is 5.90. The molecule has 0 aromatic carbocycles. The Labute approximate surface area is 142 Å². The quantitative estimate of drug-likeness (QED) is 0.519. The van der Waals surface area contributed by atoms with Gasteiger partial charge in [0.2, 0.25) is 0 Å². The summed E-state index contributed by atoms with van der Waals surface area (Å²) in [7, 11) is 0. The monoisotopic (exact) mass is 313 g/mol. The van der Waals surface area contributed by atoms with E-state index in [4.69, 9.17) is 0 Å². The topological polar surface area (TPSA) is 17.1 Å². The van der Waals surface area contributed by atoms with Crippen LogP contribution in [0.5, 0.6) is 0 Å². The van der Waals surface area contributed by atoms with Crippen molar-refractivity contribution < 1.29 is 4.79 Å². The summed E-state index contributed by atoms with van der Waals surface area (Å²) in [5.74, 6) is 3.45. The largest absolute Gasteiger partial charge is 0.299 e. The highest BCUT2D eigenvalue weighted by Gasteiger charge is 2.58. The minimum Gasteiger partial charge on any atom is -0.299 e. The highest BCUT2D eigenvalue weighted by atomic mass is 16.1. The molecule has 23 heavy (non-hydrogen) atoms. The van der Waals surface area contributed by atoms with Gasteiger partial charge in [-0.3, -0.25) is 4.79 Å². The minimum atomic E-state index is 0.0202. The molecule has 0 aliphatic heterocycles. The van der Waals surface area contributed by atoms with Crippen molar-refractivity contribution in [3.05, 3.63) is 31.7 Å². The standard InChI is InChI=1S/C20H29O.C2H4/c1-13-8-10-19(2)14(12-13)4-5-15-16-6-7-18(21)20(16,3)11-9-17(15)19;1-2/h4,13,15-17H,1,5-12H2,2-3H3;1-2H2/t13-,15?,16?,17?,19-,20-;/m0./s1. The van der Waals surface area contributed by atoms with Gasteiger partial charge in [-0.2, -0.15) is 0 Å². The van der Waals surface area contributed by atoms with Crippen molar-refractivity contribution in [2.75, 3.05) is 0 Å². The van der Waals surface area contributed by atoms with Crippen LogP contribution >= 0.6 is 0 Å². The third-order valence-electron chi connectivity index (χ3n) is 7.91. The van der Waals surface area contributed by atoms with E-state index in [9.17, 15) is 4.79 Å². The second-order valence-electron chi connectivity index (χ2n) is 8.79. The second-order valence-corrected chi connectivity index (χ2v) is 8.79. The van der Waals surface area contributed by atoms with E-state index < -0.39 is 0 Å². The first-order valence-electron chi connectivity index (χ1n) is 9.51. The Hall–Kier alpha value is -0.850. The van der Waals surface area contributed by atoms with Crippen LogP contribution in [0.3, 0.4) is 0 Å². The van der Waals surface area contributed by atoms with Crippen molar-refractivity contribution >= 4 is 5.78 Å². The SMILES string of the molecule is C=C.[CH2][C@H]1CC[C@@]2(C)C(=CCC3C2CC[C@]2(C)C(=O)CCC32)C1. The zero-order chi connectivity index (χ0) is 16.8. The summed E-state index contributed by atoms with van der Waals surface area (Å²) in [6.07, 6.45) is 12.1. The van der Waals surface area contributed by atoms with Crippen molar-refractivity contribution in [2.24, 2.45) is 34.5 Å². The van der Waals surface area contributed by atoms with E-state index in [1.165, 1.54) is 32.1 Å². The third-order valence-corrected chi connectivity index (χ3v) is 7.91. The van der Waals surface area contributed by atoms with Crippen molar-refractivity contribution in [1.29, 1.82) is 0 Å². The first-order chi connectivity index (χ1) is 10.9. The lowest BCUT2D eigenvalue weighted by molar-refractivity contribution is -0.131. The van der Waals surface area contributed by atoms with E-state index in [2.05, 4.69) is 40.0 Å². The Bertz CT molecular complexity index is 518. The highest BCUT2D eigenvalue weighted by molar-refractivity contribution is 5.87. The molecule has 0 aromatic rings. The molecule has 127 valence electrons. The lowest BCUT2D eigenvalue weighted by Crippen LogP contribution is -2.50. The first-order valence-corrected chi connectivity index (χ1v) is 9.51. The van der Waals surface area contributed by atoms with Crippen LogP contribution in [0.1, 0.15) is 65.2 Å². The van der Waals surface area contributed by atoms with E-state index >= 15 is 0 Å². The number of ketones is 1. The molecule has 1 radical (unpaired) electrons. The third kappa shape index (κ3) is 2.37. The predicted molar refractivity (Wildman–Crippen MR) is 96.8 cm³/mol. The van der Waals surface area contributed by atoms with Crippen LogP contribution < -0.4 is 0 Å². The average Bonchev–Trinajstić information content (AvgIpc) is 2.86. The molecule has 0 N–H and O–H groups in total. The molecule has 1 nitrogen and oxygen atoms in total. The molecule has 0 aromatic heterocycles. The van der Waals surface area contributed by atoms with E-state index in [-0.39, 0.29) is 5.41 Å². The summed E-state index contributed by atoms with van der Waals surface area (Å²) in [6.45, 7) is 15.1. The van der Waals surface area contributed by atoms with Gasteiger partial charge in [0, 0.05) is 11.8 Å². The molecule has 6 atom stereocenters. The maximum atomic E-state index is 12.4. The summed E-state index contributed by atoms with van der Waals surface area (Å²) in [5, 5.41) is 0. The molecule has 3 fully saturated rings. The number of hydrogen-bond acceptors (Lipinski definition) is 1. The molecule has 0 amide bonds. The van der Waals surface area contributed by atoms with Gasteiger partial charge in [0.15, 0.2) is 0 Å². The summed E-state index contributed by atoms with van der Waals surface area (Å²) >= 11 is 0. The average molecular weight is 314 g/mol. The van der Waals surface area contributed by atoms with Crippen LogP contribution in [0.2, 0.25) is 0 Å². The normalized spacial score (nSPS) is 48.3. The van der Waals surface area contributed by atoms with Crippen LogP contribution in [0, 0.1) is 41.4 Å². The van der Waals surface area contributed by atoms with Crippen LogP contribution in [0.4, 0.5) is 0 Å². The van der Waals surface area contributed by atoms with Gasteiger partial charge in [-0.05, 0) is 81.0 Å². The van der Waals surface area contributed by atoms with Crippen molar-refractivity contribution in [3.63, 3.8) is 0 Å². The Morgan fingerprint density at radius 3 is 2.43 bits per heavy atom. The number of carbonyl (C=O) groups is 1. The zero-order valence-electron chi connectivity index (χ0n) is 15.1. The Kier molecular flexibility index (Phi) is 4.36. The zero-order valence-corrected chi connectivity index (χ0v) is 15.1. The molecular formula is C22H33O. The molecule has 3 unspecified atom stereocenters. The molecule has 1 heteroatoms. The number of hydrogen-bond donors (Lipinski definition) is 0. The lowest BCUT2D eigenvalue weighted by atomic mass is 9.47. The predicted octanol–water partition coefficient (Wildman–Crippen LogP) is 5.77. The fourth-order valence-corrected chi connectivity index (χ4v) is 6.51. The minimum absolute atomic E-state index is 0.0202. The lowest BCUT2D eigenvalue weighted by Gasteiger charge is -2.57. The number of Topliss-reactive ketones (excluding diaryl/α,β-unsaturated/α-hetero) is 1. The summed E-state index contributed by atoms with van der Waals surface area (Å²) in [6, 6.07) is 0. The van der Waals surface area contributed by atoms with Gasteiger partial charge >= 0.3 is 0 Å². The number of rotatable bonds is 0.